The maximum absolute atomic E-state index is 12.0. The molecule has 0 aliphatic carbocycles. The predicted molar refractivity (Wildman–Crippen MR) is 39.2 cm³/mol. The minimum absolute atomic E-state index is 0.0478. The Hall–Kier alpha value is -0.730. The van der Waals surface area contributed by atoms with Crippen molar-refractivity contribution in [2.24, 2.45) is 5.92 Å². The lowest BCUT2D eigenvalue weighted by atomic mass is 10.1. The summed E-state index contributed by atoms with van der Waals surface area (Å²) in [6, 6.07) is 0. The summed E-state index contributed by atoms with van der Waals surface area (Å²) >= 11 is 0. The van der Waals surface area contributed by atoms with E-state index in [2.05, 4.69) is 6.58 Å². The monoisotopic (exact) mass is 164 g/mol. The Balaban J connectivity index is 4.20. The lowest BCUT2D eigenvalue weighted by Gasteiger charge is -2.13. The van der Waals surface area contributed by atoms with E-state index in [4.69, 9.17) is 0 Å². The van der Waals surface area contributed by atoms with Gasteiger partial charge in [0.05, 0.1) is 5.92 Å². The second kappa shape index (κ2) is 4.21. The van der Waals surface area contributed by atoms with Crippen molar-refractivity contribution in [2.75, 3.05) is 0 Å². The smallest absolute Gasteiger partial charge is 0.170 e. The zero-order valence-corrected chi connectivity index (χ0v) is 6.36. The molecule has 3 heteroatoms. The van der Waals surface area contributed by atoms with Gasteiger partial charge < -0.3 is 0 Å². The van der Waals surface area contributed by atoms with E-state index in [0.29, 0.717) is 0 Å². The van der Waals surface area contributed by atoms with Crippen molar-refractivity contribution in [3.8, 4) is 0 Å². The van der Waals surface area contributed by atoms with Crippen LogP contribution in [0.5, 0.6) is 0 Å². The molecule has 0 aromatic carbocycles. The molecule has 1 atom stereocenters. The number of hydrogen-bond donors (Lipinski definition) is 0. The first-order chi connectivity index (χ1) is 5.02. The fourth-order valence-corrected chi connectivity index (χ4v) is 0.733. The quantitative estimate of drug-likeness (QED) is 0.561. The Morgan fingerprint density at radius 1 is 1.45 bits per heavy atom. The molecule has 0 heterocycles. The molecule has 0 fully saturated rings. The third-order valence-corrected chi connectivity index (χ3v) is 1.27. The molecule has 11 heavy (non-hydrogen) atoms. The summed E-state index contributed by atoms with van der Waals surface area (Å²) in [6.45, 7) is 4.83. The van der Waals surface area contributed by atoms with Gasteiger partial charge in [0.25, 0.3) is 0 Å². The summed E-state index contributed by atoms with van der Waals surface area (Å²) in [4.78, 5) is 0. The Morgan fingerprint density at radius 3 is 2.27 bits per heavy atom. The van der Waals surface area contributed by atoms with Gasteiger partial charge in [-0.25, -0.2) is 0 Å². The van der Waals surface area contributed by atoms with Gasteiger partial charge in [-0.2, -0.15) is 13.2 Å². The van der Waals surface area contributed by atoms with Crippen LogP contribution in [0.1, 0.15) is 13.3 Å². The molecule has 0 spiro atoms. The van der Waals surface area contributed by atoms with Crippen molar-refractivity contribution >= 4 is 0 Å². The van der Waals surface area contributed by atoms with Crippen LogP contribution in [0.2, 0.25) is 0 Å². The van der Waals surface area contributed by atoms with Gasteiger partial charge in [0.2, 0.25) is 0 Å². The molecule has 0 saturated carbocycles. The Bertz CT molecular complexity index is 144. The molecule has 0 amide bonds. The molecule has 0 nitrogen and oxygen atoms in total. The fraction of sp³-hybridized carbons (Fsp3) is 0.500. The van der Waals surface area contributed by atoms with E-state index < -0.39 is 12.1 Å². The van der Waals surface area contributed by atoms with Gasteiger partial charge in [0.15, 0.2) is 0 Å². The van der Waals surface area contributed by atoms with E-state index in [1.165, 1.54) is 12.2 Å². The molecule has 0 aliphatic rings. The number of alkyl halides is 3. The lowest BCUT2D eigenvalue weighted by Crippen LogP contribution is -2.19. The topological polar surface area (TPSA) is 0 Å². The standard InChI is InChI=1S/C8H11F3/c1-3-5-7(6-4-2)8(9,10)11/h3-4,6-7H,1,5H2,2H3/b6-4-. The molecule has 64 valence electrons. The summed E-state index contributed by atoms with van der Waals surface area (Å²) in [7, 11) is 0. The van der Waals surface area contributed by atoms with Crippen molar-refractivity contribution in [1.82, 2.24) is 0 Å². The molecule has 0 bridgehead atoms. The molecule has 0 aromatic heterocycles. The summed E-state index contributed by atoms with van der Waals surface area (Å²) in [5, 5.41) is 0. The largest absolute Gasteiger partial charge is 0.395 e. The lowest BCUT2D eigenvalue weighted by molar-refractivity contribution is -0.160. The maximum Gasteiger partial charge on any atom is 0.395 e. The highest BCUT2D eigenvalue weighted by Gasteiger charge is 2.36. The molecule has 0 radical (unpaired) electrons. The Kier molecular flexibility index (Phi) is 3.93. The highest BCUT2D eigenvalue weighted by Crippen LogP contribution is 2.29. The molecular formula is C8H11F3. The fourth-order valence-electron chi connectivity index (χ4n) is 0.733. The maximum atomic E-state index is 12.0. The van der Waals surface area contributed by atoms with Crippen LogP contribution in [0.25, 0.3) is 0 Å². The molecule has 0 rings (SSSR count). The van der Waals surface area contributed by atoms with Crippen molar-refractivity contribution in [2.45, 2.75) is 19.5 Å². The normalized spacial score (nSPS) is 15.3. The first-order valence-electron chi connectivity index (χ1n) is 3.32. The van der Waals surface area contributed by atoms with Crippen LogP contribution in [0.4, 0.5) is 13.2 Å². The van der Waals surface area contributed by atoms with Gasteiger partial charge in [-0.1, -0.05) is 18.2 Å². The average molecular weight is 164 g/mol. The molecular weight excluding hydrogens is 153 g/mol. The second-order valence-corrected chi connectivity index (χ2v) is 2.20. The van der Waals surface area contributed by atoms with E-state index in [-0.39, 0.29) is 6.42 Å². The minimum atomic E-state index is -4.14. The Morgan fingerprint density at radius 2 is 2.00 bits per heavy atom. The van der Waals surface area contributed by atoms with Crippen LogP contribution >= 0.6 is 0 Å². The SMILES string of the molecule is C=CCC(/C=C\C)C(F)(F)F. The number of rotatable bonds is 3. The van der Waals surface area contributed by atoms with Crippen molar-refractivity contribution < 1.29 is 13.2 Å². The van der Waals surface area contributed by atoms with E-state index in [9.17, 15) is 13.2 Å². The third-order valence-electron chi connectivity index (χ3n) is 1.27. The highest BCUT2D eigenvalue weighted by molar-refractivity contribution is 4.93. The molecule has 0 aromatic rings. The van der Waals surface area contributed by atoms with Gasteiger partial charge in [-0.05, 0) is 13.3 Å². The van der Waals surface area contributed by atoms with E-state index in [1.807, 2.05) is 0 Å². The van der Waals surface area contributed by atoms with Gasteiger partial charge >= 0.3 is 6.18 Å². The molecule has 0 aliphatic heterocycles. The van der Waals surface area contributed by atoms with Gasteiger partial charge in [-0.3, -0.25) is 0 Å². The first kappa shape index (κ1) is 10.3. The number of allylic oxidation sites excluding steroid dienone is 3. The van der Waals surface area contributed by atoms with Crippen LogP contribution < -0.4 is 0 Å². The number of hydrogen-bond acceptors (Lipinski definition) is 0. The first-order valence-corrected chi connectivity index (χ1v) is 3.32. The zero-order valence-electron chi connectivity index (χ0n) is 6.36. The summed E-state index contributed by atoms with van der Waals surface area (Å²) in [5.74, 6) is -1.37. The van der Waals surface area contributed by atoms with Gasteiger partial charge in [0.1, 0.15) is 0 Å². The third kappa shape index (κ3) is 3.86. The summed E-state index contributed by atoms with van der Waals surface area (Å²) < 4.78 is 36.0. The van der Waals surface area contributed by atoms with Crippen molar-refractivity contribution in [3.05, 3.63) is 24.8 Å². The summed E-state index contributed by atoms with van der Waals surface area (Å²) in [5.41, 5.74) is 0. The summed E-state index contributed by atoms with van der Waals surface area (Å²) in [6.07, 6.45) is -0.365. The van der Waals surface area contributed by atoms with Crippen LogP contribution in [-0.4, -0.2) is 6.18 Å². The van der Waals surface area contributed by atoms with E-state index in [1.54, 1.807) is 6.92 Å². The predicted octanol–water partition coefficient (Wildman–Crippen LogP) is 3.32. The van der Waals surface area contributed by atoms with E-state index >= 15 is 0 Å². The minimum Gasteiger partial charge on any atom is -0.170 e. The highest BCUT2D eigenvalue weighted by atomic mass is 19.4. The number of halogens is 3. The van der Waals surface area contributed by atoms with Crippen molar-refractivity contribution in [1.29, 1.82) is 0 Å². The molecule has 1 unspecified atom stereocenters. The second-order valence-electron chi connectivity index (χ2n) is 2.20. The Labute approximate surface area is 64.4 Å². The zero-order chi connectivity index (χ0) is 8.91. The van der Waals surface area contributed by atoms with Crippen LogP contribution in [-0.2, 0) is 0 Å². The van der Waals surface area contributed by atoms with Crippen LogP contribution in [0.3, 0.4) is 0 Å². The van der Waals surface area contributed by atoms with Gasteiger partial charge in [-0.15, -0.1) is 6.58 Å². The van der Waals surface area contributed by atoms with Crippen molar-refractivity contribution in [3.63, 3.8) is 0 Å². The van der Waals surface area contributed by atoms with E-state index in [0.717, 1.165) is 6.08 Å². The molecule has 0 saturated heterocycles. The van der Waals surface area contributed by atoms with Crippen LogP contribution in [0, 0.1) is 5.92 Å². The molecule has 0 N–H and O–H groups in total. The van der Waals surface area contributed by atoms with Crippen LogP contribution in [0.15, 0.2) is 24.8 Å². The average Bonchev–Trinajstić information content (AvgIpc) is 1.85. The van der Waals surface area contributed by atoms with Gasteiger partial charge in [0, 0.05) is 0 Å².